The largest absolute Gasteiger partial charge is 0.379 e. The lowest BCUT2D eigenvalue weighted by Crippen LogP contribution is -2.40. The standard InChI is InChI=1S/C23H24FN3O4S2/c1-14-4-6-18(15(2)12-14)23-25-16(3)21(32-23)22(28)26-17-5-7-19(24)20(13-17)33(29,30)27-8-10-31-11-9-27/h4-7,12-13H,8-11H2,1-3H3,(H,26,28). The maximum absolute atomic E-state index is 14.4. The number of hydrogen-bond donors (Lipinski definition) is 1. The molecule has 0 spiro atoms. The number of aryl methyl sites for hydroxylation is 3. The molecule has 1 fully saturated rings. The molecule has 1 saturated heterocycles. The van der Waals surface area contributed by atoms with Crippen molar-refractivity contribution in [1.82, 2.24) is 9.29 Å². The van der Waals surface area contributed by atoms with E-state index in [1.807, 2.05) is 26.0 Å². The molecule has 0 bridgehead atoms. The molecule has 10 heteroatoms. The van der Waals surface area contributed by atoms with Crippen LogP contribution in [0.5, 0.6) is 0 Å². The predicted octanol–water partition coefficient (Wildman–Crippen LogP) is 4.15. The number of aromatic nitrogens is 1. The summed E-state index contributed by atoms with van der Waals surface area (Å²) in [6.45, 7) is 6.57. The minimum atomic E-state index is -4.05. The highest BCUT2D eigenvalue weighted by molar-refractivity contribution is 7.89. The summed E-state index contributed by atoms with van der Waals surface area (Å²) >= 11 is 1.26. The van der Waals surface area contributed by atoms with Crippen LogP contribution in [0.4, 0.5) is 10.1 Å². The highest BCUT2D eigenvalue weighted by Gasteiger charge is 2.29. The third-order valence-corrected chi connectivity index (χ3v) is 8.50. The molecule has 1 aliphatic rings. The number of anilines is 1. The Labute approximate surface area is 196 Å². The number of amides is 1. The number of ether oxygens (including phenoxy) is 1. The number of benzene rings is 2. The number of nitrogens with zero attached hydrogens (tertiary/aromatic N) is 2. The van der Waals surface area contributed by atoms with Crippen molar-refractivity contribution in [3.63, 3.8) is 0 Å². The molecule has 174 valence electrons. The van der Waals surface area contributed by atoms with Gasteiger partial charge in [-0.05, 0) is 44.5 Å². The van der Waals surface area contributed by atoms with Crippen LogP contribution in [-0.2, 0) is 14.8 Å². The second kappa shape index (κ2) is 9.30. The van der Waals surface area contributed by atoms with E-state index in [2.05, 4.69) is 16.4 Å². The molecule has 1 amide bonds. The van der Waals surface area contributed by atoms with Gasteiger partial charge >= 0.3 is 0 Å². The van der Waals surface area contributed by atoms with E-state index in [1.54, 1.807) is 6.92 Å². The van der Waals surface area contributed by atoms with Gasteiger partial charge in [0.25, 0.3) is 5.91 Å². The zero-order valence-electron chi connectivity index (χ0n) is 18.5. The van der Waals surface area contributed by atoms with Gasteiger partial charge in [-0.3, -0.25) is 4.79 Å². The molecule has 1 N–H and O–H groups in total. The van der Waals surface area contributed by atoms with Crippen LogP contribution in [0.2, 0.25) is 0 Å². The predicted molar refractivity (Wildman–Crippen MR) is 126 cm³/mol. The summed E-state index contributed by atoms with van der Waals surface area (Å²) in [6.07, 6.45) is 0. The third-order valence-electron chi connectivity index (χ3n) is 5.39. The van der Waals surface area contributed by atoms with Crippen molar-refractivity contribution in [1.29, 1.82) is 0 Å². The Hall–Kier alpha value is -2.66. The first-order chi connectivity index (χ1) is 15.7. The van der Waals surface area contributed by atoms with Crippen molar-refractivity contribution < 1.29 is 22.3 Å². The molecule has 3 aromatic rings. The molecule has 0 radical (unpaired) electrons. The average molecular weight is 490 g/mol. The SMILES string of the molecule is Cc1ccc(-c2nc(C)c(C(=O)Nc3ccc(F)c(S(=O)(=O)N4CCOCC4)c3)s2)c(C)c1. The molecule has 33 heavy (non-hydrogen) atoms. The lowest BCUT2D eigenvalue weighted by molar-refractivity contribution is 0.0729. The van der Waals surface area contributed by atoms with Crippen molar-refractivity contribution in [3.05, 3.63) is 63.9 Å². The van der Waals surface area contributed by atoms with Crippen LogP contribution < -0.4 is 5.32 Å². The minimum absolute atomic E-state index is 0.152. The van der Waals surface area contributed by atoms with Gasteiger partial charge in [0.15, 0.2) is 0 Å². The number of hydrogen-bond acceptors (Lipinski definition) is 6. The zero-order chi connectivity index (χ0) is 23.8. The maximum Gasteiger partial charge on any atom is 0.267 e. The molecule has 0 atom stereocenters. The summed E-state index contributed by atoms with van der Waals surface area (Å²) in [5, 5.41) is 3.41. The van der Waals surface area contributed by atoms with Gasteiger partial charge in [-0.15, -0.1) is 11.3 Å². The summed E-state index contributed by atoms with van der Waals surface area (Å²) < 4.78 is 46.6. The normalized spacial score (nSPS) is 14.9. The van der Waals surface area contributed by atoms with Gasteiger partial charge in [0.2, 0.25) is 10.0 Å². The number of sulfonamides is 1. The van der Waals surface area contributed by atoms with Crippen LogP contribution >= 0.6 is 11.3 Å². The van der Waals surface area contributed by atoms with Crippen molar-refractivity contribution in [3.8, 4) is 10.6 Å². The van der Waals surface area contributed by atoms with E-state index < -0.39 is 26.6 Å². The smallest absolute Gasteiger partial charge is 0.267 e. The topological polar surface area (TPSA) is 88.6 Å². The first-order valence-corrected chi connectivity index (χ1v) is 12.7. The van der Waals surface area contributed by atoms with Crippen LogP contribution in [0.15, 0.2) is 41.3 Å². The van der Waals surface area contributed by atoms with E-state index >= 15 is 0 Å². The highest BCUT2D eigenvalue weighted by Crippen LogP contribution is 2.31. The van der Waals surface area contributed by atoms with Gasteiger partial charge in [-0.25, -0.2) is 17.8 Å². The Bertz CT molecular complexity index is 1320. The lowest BCUT2D eigenvalue weighted by atomic mass is 10.1. The summed E-state index contributed by atoms with van der Waals surface area (Å²) in [4.78, 5) is 17.4. The Morgan fingerprint density at radius 2 is 1.85 bits per heavy atom. The fraction of sp³-hybridized carbons (Fsp3) is 0.304. The molecule has 7 nitrogen and oxygen atoms in total. The molecule has 0 saturated carbocycles. The summed E-state index contributed by atoms with van der Waals surface area (Å²) in [7, 11) is -4.05. The van der Waals surface area contributed by atoms with Gasteiger partial charge in [-0.1, -0.05) is 23.8 Å². The Balaban J connectivity index is 1.59. The fourth-order valence-corrected chi connectivity index (χ4v) is 6.22. The second-order valence-electron chi connectivity index (χ2n) is 7.87. The Morgan fingerprint density at radius 1 is 1.12 bits per heavy atom. The van der Waals surface area contributed by atoms with E-state index in [-0.39, 0.29) is 32.0 Å². The maximum atomic E-state index is 14.4. The van der Waals surface area contributed by atoms with E-state index in [0.29, 0.717) is 10.6 Å². The zero-order valence-corrected chi connectivity index (χ0v) is 20.1. The van der Waals surface area contributed by atoms with Crippen LogP contribution in [0, 0.1) is 26.6 Å². The number of carbonyl (C=O) groups excluding carboxylic acids is 1. The molecule has 1 aromatic heterocycles. The van der Waals surface area contributed by atoms with Crippen LogP contribution in [0.3, 0.4) is 0 Å². The monoisotopic (exact) mass is 489 g/mol. The van der Waals surface area contributed by atoms with Gasteiger partial charge in [-0.2, -0.15) is 4.31 Å². The van der Waals surface area contributed by atoms with E-state index in [9.17, 15) is 17.6 Å². The van der Waals surface area contributed by atoms with Crippen LogP contribution in [0.1, 0.15) is 26.5 Å². The number of morpholine rings is 1. The number of carbonyl (C=O) groups is 1. The molecule has 2 heterocycles. The summed E-state index contributed by atoms with van der Waals surface area (Å²) in [5.41, 5.74) is 3.91. The van der Waals surface area contributed by atoms with Crippen LogP contribution in [-0.4, -0.2) is 49.9 Å². The van der Waals surface area contributed by atoms with E-state index in [4.69, 9.17) is 4.74 Å². The van der Waals surface area contributed by atoms with Gasteiger partial charge in [0.05, 0.1) is 18.9 Å². The number of nitrogens with one attached hydrogen (secondary N) is 1. The molecule has 1 aliphatic heterocycles. The Kier molecular flexibility index (Phi) is 6.62. The van der Waals surface area contributed by atoms with Crippen molar-refractivity contribution >= 4 is 33.0 Å². The molecular formula is C23H24FN3O4S2. The van der Waals surface area contributed by atoms with Crippen LogP contribution in [0.25, 0.3) is 10.6 Å². The fourth-order valence-electron chi connectivity index (χ4n) is 3.67. The van der Waals surface area contributed by atoms with Gasteiger partial charge < -0.3 is 10.1 Å². The highest BCUT2D eigenvalue weighted by atomic mass is 32.2. The van der Waals surface area contributed by atoms with Crippen molar-refractivity contribution in [2.24, 2.45) is 0 Å². The number of halogens is 1. The van der Waals surface area contributed by atoms with Crippen molar-refractivity contribution in [2.75, 3.05) is 31.6 Å². The second-order valence-corrected chi connectivity index (χ2v) is 10.8. The Morgan fingerprint density at radius 3 is 2.55 bits per heavy atom. The number of thiazole rings is 1. The lowest BCUT2D eigenvalue weighted by Gasteiger charge is -2.26. The van der Waals surface area contributed by atoms with E-state index in [0.717, 1.165) is 33.8 Å². The average Bonchev–Trinajstić information content (AvgIpc) is 3.17. The first kappa shape index (κ1) is 23.5. The molecule has 4 rings (SSSR count). The first-order valence-electron chi connectivity index (χ1n) is 10.4. The van der Waals surface area contributed by atoms with Gasteiger partial charge in [0.1, 0.15) is 20.6 Å². The third kappa shape index (κ3) is 4.84. The molecule has 0 unspecified atom stereocenters. The quantitative estimate of drug-likeness (QED) is 0.582. The van der Waals surface area contributed by atoms with E-state index in [1.165, 1.54) is 21.7 Å². The van der Waals surface area contributed by atoms with Crippen molar-refractivity contribution in [2.45, 2.75) is 25.7 Å². The summed E-state index contributed by atoms with van der Waals surface area (Å²) in [6, 6.07) is 9.57. The number of rotatable bonds is 5. The molecule has 0 aliphatic carbocycles. The minimum Gasteiger partial charge on any atom is -0.379 e. The molecule has 2 aromatic carbocycles. The molecular weight excluding hydrogens is 465 g/mol. The summed E-state index contributed by atoms with van der Waals surface area (Å²) in [5.74, 6) is -1.30. The van der Waals surface area contributed by atoms with Gasteiger partial charge in [0, 0.05) is 24.3 Å².